The second-order valence-electron chi connectivity index (χ2n) is 9.41. The highest BCUT2D eigenvalue weighted by molar-refractivity contribution is 5.99. The zero-order valence-corrected chi connectivity index (χ0v) is 22.0. The highest BCUT2D eigenvalue weighted by atomic mass is 16.2. The van der Waals surface area contributed by atoms with Gasteiger partial charge in [0.2, 0.25) is 6.41 Å². The Balaban J connectivity index is 2.57. The lowest BCUT2D eigenvalue weighted by Crippen LogP contribution is -2.25. The van der Waals surface area contributed by atoms with Gasteiger partial charge in [-0.1, -0.05) is 48.8 Å². The number of imidazole rings is 1. The number of amides is 2. The summed E-state index contributed by atoms with van der Waals surface area (Å²) in [6, 6.07) is 0. The van der Waals surface area contributed by atoms with E-state index in [0.29, 0.717) is 49.0 Å². The number of allylic oxidation sites excluding steroid dienone is 6. The first-order valence-corrected chi connectivity index (χ1v) is 12.0. The summed E-state index contributed by atoms with van der Waals surface area (Å²) < 4.78 is 1.75. The number of carbonyl (C=O) groups is 3. The number of rotatable bonds is 15. The summed E-state index contributed by atoms with van der Waals surface area (Å²) in [5.74, 6) is 0.803. The molecule has 0 fully saturated rings. The fourth-order valence-corrected chi connectivity index (χ4v) is 3.63. The Morgan fingerprint density at radius 1 is 1.06 bits per heavy atom. The third kappa shape index (κ3) is 10.3. The molecule has 0 radical (unpaired) electrons. The van der Waals surface area contributed by atoms with Crippen molar-refractivity contribution in [2.24, 2.45) is 5.92 Å². The second-order valence-corrected chi connectivity index (χ2v) is 9.41. The lowest BCUT2D eigenvalue weighted by atomic mass is 10.0. The van der Waals surface area contributed by atoms with Crippen LogP contribution in [0, 0.1) is 5.92 Å². The van der Waals surface area contributed by atoms with Gasteiger partial charge in [0, 0.05) is 33.5 Å². The molecule has 0 aliphatic heterocycles. The highest BCUT2D eigenvalue weighted by Crippen LogP contribution is 2.18. The molecule has 0 saturated carbocycles. The van der Waals surface area contributed by atoms with E-state index in [4.69, 9.17) is 0 Å². The van der Waals surface area contributed by atoms with Crippen LogP contribution in [0.1, 0.15) is 83.6 Å². The number of aromatic nitrogens is 2. The van der Waals surface area contributed by atoms with E-state index >= 15 is 0 Å². The number of ketones is 1. The van der Waals surface area contributed by atoms with Gasteiger partial charge >= 0.3 is 0 Å². The molecule has 0 aliphatic carbocycles. The predicted octanol–water partition coefficient (Wildman–Crippen LogP) is 5.24. The van der Waals surface area contributed by atoms with Gasteiger partial charge in [0.25, 0.3) is 5.91 Å². The van der Waals surface area contributed by atoms with Crippen molar-refractivity contribution in [2.75, 3.05) is 19.0 Å². The third-order valence-electron chi connectivity index (χ3n) is 5.56. The van der Waals surface area contributed by atoms with Crippen LogP contribution in [0.2, 0.25) is 0 Å². The van der Waals surface area contributed by atoms with Gasteiger partial charge in [0.15, 0.2) is 11.5 Å². The van der Waals surface area contributed by atoms with E-state index in [1.807, 2.05) is 6.92 Å². The predicted molar refractivity (Wildman–Crippen MR) is 139 cm³/mol. The average Bonchev–Trinajstić information content (AvgIpc) is 3.19. The molecule has 0 aliphatic rings. The van der Waals surface area contributed by atoms with Crippen LogP contribution in [0.3, 0.4) is 0 Å². The molecule has 1 heterocycles. The Labute approximate surface area is 205 Å². The zero-order chi connectivity index (χ0) is 25.7. The first-order valence-electron chi connectivity index (χ1n) is 12.0. The first-order chi connectivity index (χ1) is 16.1. The monoisotopic (exact) mass is 470 g/mol. The molecule has 1 aromatic rings. The Kier molecular flexibility index (Phi) is 12.9. The van der Waals surface area contributed by atoms with Crippen LogP contribution in [0.15, 0.2) is 41.3 Å². The SMILES string of the molecule is CNC(=O)c1c(N(C)C=O)ncn1C/C=C(\C)CC/C=C(\C)CC/C=C(\C)CC(=O)CC(C)C. The molecule has 2 amide bonds. The van der Waals surface area contributed by atoms with E-state index in [9.17, 15) is 14.4 Å². The van der Waals surface area contributed by atoms with Crippen molar-refractivity contribution < 1.29 is 14.4 Å². The number of nitrogens with zero attached hydrogens (tertiary/aromatic N) is 3. The number of Topliss-reactive ketones (excluding diaryl/α,β-unsaturated/α-hetero) is 1. The van der Waals surface area contributed by atoms with Gasteiger partial charge in [-0.25, -0.2) is 4.98 Å². The van der Waals surface area contributed by atoms with Gasteiger partial charge in [-0.05, 0) is 52.4 Å². The van der Waals surface area contributed by atoms with E-state index in [0.717, 1.165) is 31.3 Å². The minimum absolute atomic E-state index is 0.278. The number of anilines is 1. The second kappa shape index (κ2) is 15.0. The highest BCUT2D eigenvalue weighted by Gasteiger charge is 2.20. The number of nitrogens with one attached hydrogen (secondary N) is 1. The summed E-state index contributed by atoms with van der Waals surface area (Å²) in [6.45, 7) is 10.9. The molecule has 1 N–H and O–H groups in total. The Morgan fingerprint density at radius 2 is 1.65 bits per heavy atom. The number of carbonyl (C=O) groups excluding carboxylic acids is 3. The molecule has 0 spiro atoms. The lowest BCUT2D eigenvalue weighted by molar-refractivity contribution is -0.119. The van der Waals surface area contributed by atoms with E-state index in [1.54, 1.807) is 25.0 Å². The van der Waals surface area contributed by atoms with Gasteiger partial charge in [0.05, 0.1) is 6.33 Å². The van der Waals surface area contributed by atoms with Crippen LogP contribution in [0.25, 0.3) is 0 Å². The topological polar surface area (TPSA) is 84.3 Å². The summed E-state index contributed by atoms with van der Waals surface area (Å²) in [5, 5.41) is 2.61. The summed E-state index contributed by atoms with van der Waals surface area (Å²) >= 11 is 0. The van der Waals surface area contributed by atoms with E-state index in [1.165, 1.54) is 16.0 Å². The molecule has 0 aromatic carbocycles. The molecule has 0 unspecified atom stereocenters. The van der Waals surface area contributed by atoms with Crippen LogP contribution < -0.4 is 10.2 Å². The molecule has 34 heavy (non-hydrogen) atoms. The maximum atomic E-state index is 12.3. The van der Waals surface area contributed by atoms with Gasteiger partial charge in [-0.15, -0.1) is 0 Å². The molecule has 0 bridgehead atoms. The quantitative estimate of drug-likeness (QED) is 0.281. The van der Waals surface area contributed by atoms with E-state index in [2.05, 4.69) is 56.2 Å². The summed E-state index contributed by atoms with van der Waals surface area (Å²) in [4.78, 5) is 40.8. The fourth-order valence-electron chi connectivity index (χ4n) is 3.63. The van der Waals surface area contributed by atoms with Gasteiger partial charge in [-0.3, -0.25) is 14.4 Å². The van der Waals surface area contributed by atoms with Crippen molar-refractivity contribution in [3.63, 3.8) is 0 Å². The molecular formula is C27H42N4O3. The van der Waals surface area contributed by atoms with Gasteiger partial charge in [-0.2, -0.15) is 0 Å². The Hall–Kier alpha value is -2.96. The van der Waals surface area contributed by atoms with Crippen molar-refractivity contribution in [3.05, 3.63) is 47.0 Å². The summed E-state index contributed by atoms with van der Waals surface area (Å²) in [5.41, 5.74) is 4.11. The molecule has 1 rings (SSSR count). The molecule has 7 nitrogen and oxygen atoms in total. The van der Waals surface area contributed by atoms with Crippen molar-refractivity contribution in [1.29, 1.82) is 0 Å². The van der Waals surface area contributed by atoms with Crippen LogP contribution >= 0.6 is 0 Å². The molecular weight excluding hydrogens is 428 g/mol. The van der Waals surface area contributed by atoms with E-state index < -0.39 is 0 Å². The van der Waals surface area contributed by atoms with Gasteiger partial charge in [0.1, 0.15) is 5.78 Å². The van der Waals surface area contributed by atoms with Crippen LogP contribution in [-0.4, -0.2) is 41.7 Å². The van der Waals surface area contributed by atoms with Crippen LogP contribution in [-0.2, 0) is 16.1 Å². The van der Waals surface area contributed by atoms with Crippen LogP contribution in [0.5, 0.6) is 0 Å². The van der Waals surface area contributed by atoms with Crippen molar-refractivity contribution in [2.45, 2.75) is 79.7 Å². The maximum Gasteiger partial charge on any atom is 0.271 e. The molecule has 188 valence electrons. The molecule has 1 aromatic heterocycles. The number of hydrogen-bond acceptors (Lipinski definition) is 4. The normalized spacial score (nSPS) is 12.8. The Bertz CT molecular complexity index is 922. The molecule has 0 saturated heterocycles. The smallest absolute Gasteiger partial charge is 0.271 e. The minimum Gasteiger partial charge on any atom is -0.354 e. The minimum atomic E-state index is -0.278. The van der Waals surface area contributed by atoms with E-state index in [-0.39, 0.29) is 5.91 Å². The molecule has 7 heteroatoms. The lowest BCUT2D eigenvalue weighted by Gasteiger charge is -2.11. The average molecular weight is 471 g/mol. The van der Waals surface area contributed by atoms with Crippen molar-refractivity contribution in [1.82, 2.24) is 14.9 Å². The van der Waals surface area contributed by atoms with Crippen molar-refractivity contribution >= 4 is 23.9 Å². The maximum absolute atomic E-state index is 12.3. The third-order valence-corrected chi connectivity index (χ3v) is 5.56. The zero-order valence-electron chi connectivity index (χ0n) is 22.0. The van der Waals surface area contributed by atoms with Gasteiger partial charge < -0.3 is 14.8 Å². The fraction of sp³-hybridized carbons (Fsp3) is 0.556. The summed E-state index contributed by atoms with van der Waals surface area (Å²) in [7, 11) is 3.13. The largest absolute Gasteiger partial charge is 0.354 e. The standard InChI is InChI=1S/C27H42N4O3/c1-20(2)16-24(33)17-23(5)13-9-11-21(3)10-8-12-22(4)14-15-31-18-29-26(30(7)19-32)25(31)27(34)28-6/h10,13-14,18-20H,8-9,11-12,15-17H2,1-7H3,(H,28,34)/b21-10+,22-14+,23-13+. The summed E-state index contributed by atoms with van der Waals surface area (Å²) in [6.07, 6.45) is 13.8. The van der Waals surface area contributed by atoms with Crippen LogP contribution in [0.4, 0.5) is 5.82 Å². The van der Waals surface area contributed by atoms with Crippen molar-refractivity contribution in [3.8, 4) is 0 Å². The Morgan fingerprint density at radius 3 is 2.21 bits per heavy atom. The molecule has 0 atom stereocenters. The number of hydrogen-bond donors (Lipinski definition) is 1. The first kappa shape index (κ1) is 29.1.